The monoisotopic (exact) mass is 425 g/mol. The molecule has 0 radical (unpaired) electrons. The van der Waals surface area contributed by atoms with Crippen LogP contribution in [-0.4, -0.2) is 25.1 Å². The fraction of sp³-hybridized carbons (Fsp3) is 0.167. The average molecular weight is 425 g/mol. The maximum Gasteiger partial charge on any atom is 0.263 e. The van der Waals surface area contributed by atoms with Gasteiger partial charge in [-0.25, -0.2) is 22.2 Å². The molecule has 0 fully saturated rings. The Morgan fingerprint density at radius 1 is 1.14 bits per heavy atom. The second-order valence-electron chi connectivity index (χ2n) is 5.84. The van der Waals surface area contributed by atoms with Crippen LogP contribution < -0.4 is 10.0 Å². The van der Waals surface area contributed by atoms with E-state index in [2.05, 4.69) is 15.0 Å². The smallest absolute Gasteiger partial charge is 0.263 e. The third kappa shape index (κ3) is 4.83. The van der Waals surface area contributed by atoms with Gasteiger partial charge in [0.2, 0.25) is 0 Å². The number of pyridine rings is 1. The van der Waals surface area contributed by atoms with Gasteiger partial charge in [-0.1, -0.05) is 6.07 Å². The molecule has 0 aliphatic heterocycles. The zero-order chi connectivity index (χ0) is 20.1. The van der Waals surface area contributed by atoms with Crippen LogP contribution in [0.2, 0.25) is 0 Å². The minimum Gasteiger partial charge on any atom is -0.396 e. The largest absolute Gasteiger partial charge is 0.396 e. The molecule has 0 aliphatic rings. The van der Waals surface area contributed by atoms with E-state index in [1.165, 1.54) is 23.5 Å². The molecule has 1 aromatic carbocycles. The minimum atomic E-state index is -4.01. The van der Waals surface area contributed by atoms with Crippen molar-refractivity contribution in [1.82, 2.24) is 4.98 Å². The van der Waals surface area contributed by atoms with Crippen LogP contribution in [0, 0.1) is 11.6 Å². The number of benzene rings is 1. The Hall–Kier alpha value is -2.56. The molecule has 3 N–H and O–H groups in total. The molecule has 28 heavy (non-hydrogen) atoms. The molecule has 3 aromatic rings. The van der Waals surface area contributed by atoms with Crippen LogP contribution in [0.3, 0.4) is 0 Å². The minimum absolute atomic E-state index is 0.0137. The Balaban J connectivity index is 1.74. The van der Waals surface area contributed by atoms with Gasteiger partial charge in [0, 0.05) is 23.7 Å². The van der Waals surface area contributed by atoms with Crippen molar-refractivity contribution < 1.29 is 22.3 Å². The number of halogens is 2. The normalized spacial score (nSPS) is 12.5. The SMILES string of the molecule is O=S(=O)(Nc1ccc(F)c(F)c1)c1ccc(NC(CCO)c2cccs2)nc1. The van der Waals surface area contributed by atoms with Crippen molar-refractivity contribution in [2.45, 2.75) is 17.4 Å². The molecule has 148 valence electrons. The van der Waals surface area contributed by atoms with E-state index in [0.717, 1.165) is 29.3 Å². The summed E-state index contributed by atoms with van der Waals surface area (Å²) in [6, 6.07) is 9.25. The Bertz CT molecular complexity index is 1030. The van der Waals surface area contributed by atoms with E-state index < -0.39 is 21.7 Å². The van der Waals surface area contributed by atoms with Crippen molar-refractivity contribution in [3.63, 3.8) is 0 Å². The van der Waals surface area contributed by atoms with Gasteiger partial charge in [0.1, 0.15) is 10.7 Å². The number of rotatable bonds is 8. The number of hydrogen-bond acceptors (Lipinski definition) is 6. The number of aliphatic hydroxyl groups excluding tert-OH is 1. The maximum absolute atomic E-state index is 13.3. The fourth-order valence-electron chi connectivity index (χ4n) is 2.48. The molecule has 0 amide bonds. The molecular weight excluding hydrogens is 408 g/mol. The third-order valence-electron chi connectivity index (χ3n) is 3.84. The van der Waals surface area contributed by atoms with Crippen LogP contribution in [0.5, 0.6) is 0 Å². The summed E-state index contributed by atoms with van der Waals surface area (Å²) in [4.78, 5) is 5.00. The van der Waals surface area contributed by atoms with Crippen molar-refractivity contribution in [3.8, 4) is 0 Å². The molecular formula is C18H17F2N3O3S2. The molecule has 0 saturated carbocycles. The summed E-state index contributed by atoms with van der Waals surface area (Å²) in [5.41, 5.74) is -0.0955. The van der Waals surface area contributed by atoms with Crippen LogP contribution >= 0.6 is 11.3 Å². The summed E-state index contributed by atoms with van der Waals surface area (Å²) in [6.07, 6.45) is 1.63. The van der Waals surface area contributed by atoms with Crippen molar-refractivity contribution in [2.24, 2.45) is 0 Å². The van der Waals surface area contributed by atoms with Crippen LogP contribution in [-0.2, 0) is 10.0 Å². The summed E-state index contributed by atoms with van der Waals surface area (Å²) in [5, 5.41) is 14.3. The summed E-state index contributed by atoms with van der Waals surface area (Å²) in [6.45, 7) is -0.0137. The zero-order valence-electron chi connectivity index (χ0n) is 14.5. The summed E-state index contributed by atoms with van der Waals surface area (Å²) < 4.78 is 53.2. The van der Waals surface area contributed by atoms with Crippen LogP contribution in [0.4, 0.5) is 20.3 Å². The Morgan fingerprint density at radius 3 is 2.57 bits per heavy atom. The van der Waals surface area contributed by atoms with Gasteiger partial charge < -0.3 is 10.4 Å². The van der Waals surface area contributed by atoms with E-state index in [-0.39, 0.29) is 23.2 Å². The molecule has 0 spiro atoms. The van der Waals surface area contributed by atoms with Gasteiger partial charge >= 0.3 is 0 Å². The Labute approximate surface area is 164 Å². The number of sulfonamides is 1. The zero-order valence-corrected chi connectivity index (χ0v) is 16.1. The lowest BCUT2D eigenvalue weighted by Crippen LogP contribution is -2.15. The van der Waals surface area contributed by atoms with Crippen LogP contribution in [0.1, 0.15) is 17.3 Å². The number of hydrogen-bond donors (Lipinski definition) is 3. The van der Waals surface area contributed by atoms with E-state index >= 15 is 0 Å². The second kappa shape index (κ2) is 8.63. The first-order chi connectivity index (χ1) is 13.4. The molecule has 3 rings (SSSR count). The maximum atomic E-state index is 13.3. The molecule has 0 aliphatic carbocycles. The second-order valence-corrected chi connectivity index (χ2v) is 8.50. The van der Waals surface area contributed by atoms with Crippen molar-refractivity contribution in [2.75, 3.05) is 16.6 Å². The standard InChI is InChI=1S/C18H17F2N3O3S2/c19-14-5-3-12(10-15(14)20)23-28(25,26)13-4-6-18(21-11-13)22-16(7-8-24)17-2-1-9-27-17/h1-6,9-11,16,23-24H,7-8H2,(H,21,22). The predicted molar refractivity (Wildman–Crippen MR) is 104 cm³/mol. The molecule has 1 unspecified atom stereocenters. The van der Waals surface area contributed by atoms with Crippen LogP contribution in [0.25, 0.3) is 0 Å². The van der Waals surface area contributed by atoms with Crippen molar-refractivity contribution in [1.29, 1.82) is 0 Å². The molecule has 2 heterocycles. The molecule has 6 nitrogen and oxygen atoms in total. The Morgan fingerprint density at radius 2 is 1.96 bits per heavy atom. The van der Waals surface area contributed by atoms with Gasteiger partial charge in [0.25, 0.3) is 10.0 Å². The number of aromatic nitrogens is 1. The number of aliphatic hydroxyl groups is 1. The van der Waals surface area contributed by atoms with E-state index in [4.69, 9.17) is 0 Å². The summed E-state index contributed by atoms with van der Waals surface area (Å²) in [7, 11) is -4.01. The molecule has 0 saturated heterocycles. The van der Waals surface area contributed by atoms with Crippen molar-refractivity contribution in [3.05, 3.63) is 70.6 Å². The first-order valence-corrected chi connectivity index (χ1v) is 10.6. The lowest BCUT2D eigenvalue weighted by molar-refractivity contribution is 0.280. The number of anilines is 2. The van der Waals surface area contributed by atoms with Gasteiger partial charge in [-0.15, -0.1) is 11.3 Å². The number of nitrogens with one attached hydrogen (secondary N) is 2. The van der Waals surface area contributed by atoms with Gasteiger partial charge in [-0.2, -0.15) is 0 Å². The van der Waals surface area contributed by atoms with Gasteiger partial charge in [0.05, 0.1) is 11.7 Å². The molecule has 0 bridgehead atoms. The quantitative estimate of drug-likeness (QED) is 0.511. The van der Waals surface area contributed by atoms with E-state index in [9.17, 15) is 22.3 Å². The number of thiophene rings is 1. The predicted octanol–water partition coefficient (Wildman–Crippen LogP) is 3.76. The highest BCUT2D eigenvalue weighted by Gasteiger charge is 2.17. The van der Waals surface area contributed by atoms with Crippen molar-refractivity contribution >= 4 is 32.9 Å². The molecule has 10 heteroatoms. The highest BCUT2D eigenvalue weighted by molar-refractivity contribution is 7.92. The average Bonchev–Trinajstić information content (AvgIpc) is 3.19. The lowest BCUT2D eigenvalue weighted by Gasteiger charge is -2.17. The summed E-state index contributed by atoms with van der Waals surface area (Å²) in [5.74, 6) is -1.77. The number of nitrogens with zero attached hydrogens (tertiary/aromatic N) is 1. The topological polar surface area (TPSA) is 91.3 Å². The lowest BCUT2D eigenvalue weighted by atomic mass is 10.2. The first kappa shape index (κ1) is 20.2. The highest BCUT2D eigenvalue weighted by atomic mass is 32.2. The van der Waals surface area contributed by atoms with Gasteiger partial charge in [-0.3, -0.25) is 4.72 Å². The van der Waals surface area contributed by atoms with E-state index in [1.807, 2.05) is 17.5 Å². The molecule has 1 atom stereocenters. The van der Waals surface area contributed by atoms with E-state index in [0.29, 0.717) is 12.2 Å². The third-order valence-corrected chi connectivity index (χ3v) is 6.20. The van der Waals surface area contributed by atoms with Crippen LogP contribution in [0.15, 0.2) is 58.9 Å². The van der Waals surface area contributed by atoms with Gasteiger partial charge in [0.15, 0.2) is 11.6 Å². The van der Waals surface area contributed by atoms with Gasteiger partial charge in [-0.05, 0) is 42.1 Å². The fourth-order valence-corrected chi connectivity index (χ4v) is 4.29. The highest BCUT2D eigenvalue weighted by Crippen LogP contribution is 2.26. The van der Waals surface area contributed by atoms with E-state index in [1.54, 1.807) is 0 Å². The molecule has 2 aromatic heterocycles. The summed E-state index contributed by atoms with van der Waals surface area (Å²) >= 11 is 1.54. The first-order valence-electron chi connectivity index (χ1n) is 8.24. The Kier molecular flexibility index (Phi) is 6.22.